The fourth-order valence-electron chi connectivity index (χ4n) is 2.63. The van der Waals surface area contributed by atoms with Crippen LogP contribution in [0.1, 0.15) is 20.3 Å². The summed E-state index contributed by atoms with van der Waals surface area (Å²) in [6.07, 6.45) is 1.12. The molecule has 0 aromatic carbocycles. The Morgan fingerprint density at radius 2 is 1.95 bits per heavy atom. The highest BCUT2D eigenvalue weighted by Gasteiger charge is 2.28. The molecule has 1 aliphatic heterocycles. The van der Waals surface area contributed by atoms with Gasteiger partial charge in [-0.05, 0) is 25.6 Å². The Kier molecular flexibility index (Phi) is 5.18. The zero-order valence-electron chi connectivity index (χ0n) is 11.2. The number of hydrogen-bond acceptors (Lipinski definition) is 3. The summed E-state index contributed by atoms with van der Waals surface area (Å²) in [6.45, 7) is 8.40. The van der Waals surface area contributed by atoms with Crippen LogP contribution in [-0.4, -0.2) is 42.1 Å². The van der Waals surface area contributed by atoms with Crippen LogP contribution in [0.5, 0.6) is 0 Å². The summed E-state index contributed by atoms with van der Waals surface area (Å²) in [7, 11) is 0. The first-order valence-corrected chi connectivity index (χ1v) is 7.70. The van der Waals surface area contributed by atoms with Crippen molar-refractivity contribution in [1.29, 1.82) is 0 Å². The predicted octanol–water partition coefficient (Wildman–Crippen LogP) is 3.96. The van der Waals surface area contributed by atoms with Crippen molar-refractivity contribution in [2.75, 3.05) is 31.1 Å². The average Bonchev–Trinajstić information content (AvgIpc) is 2.85. The molecule has 1 aromatic rings. The number of nitrogens with zero attached hydrogens (tertiary/aromatic N) is 3. The second-order valence-electron chi connectivity index (χ2n) is 4.68. The zero-order chi connectivity index (χ0) is 14.0. The Bertz CT molecular complexity index is 449. The molecule has 1 aromatic heterocycles. The number of anilines is 1. The van der Waals surface area contributed by atoms with Crippen LogP contribution >= 0.6 is 34.8 Å². The van der Waals surface area contributed by atoms with Gasteiger partial charge in [-0.15, -0.1) is 0 Å². The average molecular weight is 323 g/mol. The van der Waals surface area contributed by atoms with Crippen molar-refractivity contribution in [1.82, 2.24) is 9.88 Å². The van der Waals surface area contributed by atoms with Crippen molar-refractivity contribution in [3.05, 3.63) is 21.3 Å². The summed E-state index contributed by atoms with van der Waals surface area (Å²) in [6, 6.07) is 2.22. The molecular weight excluding hydrogens is 305 g/mol. The van der Waals surface area contributed by atoms with Crippen molar-refractivity contribution in [2.45, 2.75) is 26.3 Å². The van der Waals surface area contributed by atoms with Gasteiger partial charge in [0.05, 0.1) is 10.0 Å². The highest BCUT2D eigenvalue weighted by molar-refractivity contribution is 6.42. The maximum atomic E-state index is 6.22. The van der Waals surface area contributed by atoms with Crippen molar-refractivity contribution < 1.29 is 0 Å². The molecule has 0 bridgehead atoms. The summed E-state index contributed by atoms with van der Waals surface area (Å²) in [5.41, 5.74) is 0. The molecule has 0 radical (unpaired) electrons. The quantitative estimate of drug-likeness (QED) is 0.782. The van der Waals surface area contributed by atoms with Crippen molar-refractivity contribution >= 4 is 40.6 Å². The van der Waals surface area contributed by atoms with E-state index in [9.17, 15) is 0 Å². The number of hydrogen-bond donors (Lipinski definition) is 0. The van der Waals surface area contributed by atoms with Crippen LogP contribution in [0.4, 0.5) is 5.82 Å². The molecule has 0 amide bonds. The van der Waals surface area contributed by atoms with Crippen LogP contribution in [0.25, 0.3) is 0 Å². The van der Waals surface area contributed by atoms with E-state index in [1.807, 2.05) is 0 Å². The van der Waals surface area contributed by atoms with E-state index >= 15 is 0 Å². The van der Waals surface area contributed by atoms with E-state index in [1.54, 1.807) is 6.07 Å². The molecule has 106 valence electrons. The third kappa shape index (κ3) is 3.27. The molecule has 2 heterocycles. The molecule has 6 heteroatoms. The monoisotopic (exact) mass is 321 g/mol. The van der Waals surface area contributed by atoms with Crippen LogP contribution < -0.4 is 4.90 Å². The van der Waals surface area contributed by atoms with Crippen molar-refractivity contribution in [3.8, 4) is 0 Å². The molecule has 1 saturated heterocycles. The van der Waals surface area contributed by atoms with Crippen LogP contribution in [-0.2, 0) is 0 Å². The zero-order valence-corrected chi connectivity index (χ0v) is 13.4. The lowest BCUT2D eigenvalue weighted by Crippen LogP contribution is -2.37. The van der Waals surface area contributed by atoms with Gasteiger partial charge in [-0.3, -0.25) is 4.90 Å². The largest absolute Gasteiger partial charge is 0.354 e. The first-order chi connectivity index (χ1) is 9.06. The highest BCUT2D eigenvalue weighted by Crippen LogP contribution is 2.33. The van der Waals surface area contributed by atoms with Gasteiger partial charge >= 0.3 is 0 Å². The molecule has 0 aliphatic carbocycles. The first-order valence-electron chi connectivity index (χ1n) is 6.57. The van der Waals surface area contributed by atoms with E-state index < -0.39 is 0 Å². The molecule has 1 fully saturated rings. The lowest BCUT2D eigenvalue weighted by atomic mass is 10.2. The Morgan fingerprint density at radius 3 is 2.58 bits per heavy atom. The highest BCUT2D eigenvalue weighted by atomic mass is 35.5. The number of pyridine rings is 1. The summed E-state index contributed by atoms with van der Waals surface area (Å²) < 4.78 is 0. The van der Waals surface area contributed by atoms with Gasteiger partial charge in [0.1, 0.15) is 11.0 Å². The Morgan fingerprint density at radius 1 is 1.26 bits per heavy atom. The van der Waals surface area contributed by atoms with Crippen LogP contribution in [0.2, 0.25) is 15.2 Å². The van der Waals surface area contributed by atoms with Gasteiger partial charge in [0.2, 0.25) is 0 Å². The molecular formula is C13H18Cl3N3. The van der Waals surface area contributed by atoms with Crippen LogP contribution in [0, 0.1) is 0 Å². The molecule has 0 saturated carbocycles. The van der Waals surface area contributed by atoms with Gasteiger partial charge in [0.15, 0.2) is 0 Å². The van der Waals surface area contributed by atoms with Gasteiger partial charge in [-0.2, -0.15) is 0 Å². The smallest absolute Gasteiger partial charge is 0.150 e. The SMILES string of the molecule is CCN(CC)C1CCN(c2nc(Cl)c(Cl)cc2Cl)C1. The fourth-order valence-corrected chi connectivity index (χ4v) is 3.24. The first kappa shape index (κ1) is 15.2. The van der Waals surface area contributed by atoms with Gasteiger partial charge in [-0.1, -0.05) is 48.7 Å². The van der Waals surface area contributed by atoms with Crippen molar-refractivity contribution in [3.63, 3.8) is 0 Å². The lowest BCUT2D eigenvalue weighted by molar-refractivity contribution is 0.232. The van der Waals surface area contributed by atoms with E-state index in [2.05, 4.69) is 28.6 Å². The minimum absolute atomic E-state index is 0.312. The summed E-state index contributed by atoms with van der Waals surface area (Å²) >= 11 is 18.1. The number of rotatable bonds is 4. The molecule has 1 aliphatic rings. The Balaban J connectivity index is 2.15. The maximum Gasteiger partial charge on any atom is 0.150 e. The van der Waals surface area contributed by atoms with E-state index in [4.69, 9.17) is 34.8 Å². The van der Waals surface area contributed by atoms with Gasteiger partial charge in [0.25, 0.3) is 0 Å². The molecule has 2 rings (SSSR count). The second-order valence-corrected chi connectivity index (χ2v) is 5.85. The number of aromatic nitrogens is 1. The minimum atomic E-state index is 0.312. The minimum Gasteiger partial charge on any atom is -0.354 e. The second kappa shape index (κ2) is 6.49. The molecule has 1 atom stereocenters. The maximum absolute atomic E-state index is 6.22. The topological polar surface area (TPSA) is 19.4 Å². The number of halogens is 3. The Labute approximate surface area is 129 Å². The molecule has 3 nitrogen and oxygen atoms in total. The van der Waals surface area contributed by atoms with E-state index in [0.29, 0.717) is 21.2 Å². The standard InChI is InChI=1S/C13H18Cl3N3/c1-3-18(4-2)9-5-6-19(8-9)13-11(15)7-10(14)12(16)17-13/h7,9H,3-6,8H2,1-2H3. The summed E-state index contributed by atoms with van der Waals surface area (Å²) in [5.74, 6) is 0.741. The van der Waals surface area contributed by atoms with Gasteiger partial charge in [-0.25, -0.2) is 4.98 Å². The fraction of sp³-hybridized carbons (Fsp3) is 0.615. The lowest BCUT2D eigenvalue weighted by Gasteiger charge is -2.26. The summed E-state index contributed by atoms with van der Waals surface area (Å²) in [4.78, 5) is 8.96. The normalized spacial score (nSPS) is 19.5. The number of likely N-dealkylation sites (N-methyl/N-ethyl adjacent to an activating group) is 1. The third-order valence-electron chi connectivity index (χ3n) is 3.66. The van der Waals surface area contributed by atoms with E-state index in [0.717, 1.165) is 38.4 Å². The predicted molar refractivity (Wildman–Crippen MR) is 82.8 cm³/mol. The molecule has 19 heavy (non-hydrogen) atoms. The van der Waals surface area contributed by atoms with Crippen molar-refractivity contribution in [2.24, 2.45) is 0 Å². The van der Waals surface area contributed by atoms with Gasteiger partial charge in [0, 0.05) is 19.1 Å². The summed E-state index contributed by atoms with van der Waals surface area (Å²) in [5, 5.41) is 1.27. The Hall–Kier alpha value is -0.220. The van der Waals surface area contributed by atoms with E-state index in [1.165, 1.54) is 0 Å². The van der Waals surface area contributed by atoms with Gasteiger partial charge < -0.3 is 4.90 Å². The molecule has 1 unspecified atom stereocenters. The van der Waals surface area contributed by atoms with E-state index in [-0.39, 0.29) is 0 Å². The van der Waals surface area contributed by atoms with Crippen LogP contribution in [0.3, 0.4) is 0 Å². The van der Waals surface area contributed by atoms with Crippen LogP contribution in [0.15, 0.2) is 6.07 Å². The molecule has 0 N–H and O–H groups in total. The third-order valence-corrected chi connectivity index (χ3v) is 4.61. The molecule has 0 spiro atoms.